The molecule has 2 fully saturated rings. The molecule has 0 bridgehead atoms. The molecule has 31 heavy (non-hydrogen) atoms. The molecule has 3 amide bonds. The lowest BCUT2D eigenvalue weighted by atomic mass is 10.0. The summed E-state index contributed by atoms with van der Waals surface area (Å²) in [4.78, 5) is 42.8. The average Bonchev–Trinajstić information content (AvgIpc) is 2.93. The van der Waals surface area contributed by atoms with Crippen LogP contribution < -0.4 is 4.90 Å². The number of nitrogens with zero attached hydrogens (tertiary/aromatic N) is 2. The predicted molar refractivity (Wildman–Crippen MR) is 124 cm³/mol. The number of carbonyl (C=O) groups is 3. The van der Waals surface area contributed by atoms with Crippen LogP contribution in [0.25, 0.3) is 0 Å². The van der Waals surface area contributed by atoms with E-state index in [0.29, 0.717) is 5.69 Å². The first-order chi connectivity index (χ1) is 15.0. The number of amides is 3. The third-order valence-corrected chi connectivity index (χ3v) is 6.78. The van der Waals surface area contributed by atoms with Crippen LogP contribution in [0.2, 0.25) is 0 Å². The van der Waals surface area contributed by atoms with Crippen LogP contribution >= 0.6 is 15.9 Å². The highest BCUT2D eigenvalue weighted by Gasteiger charge is 2.46. The smallest absolute Gasteiger partial charge is 0.257 e. The molecular formula is C25H27BrN2O3. The van der Waals surface area contributed by atoms with Gasteiger partial charge in [-0.3, -0.25) is 14.4 Å². The van der Waals surface area contributed by atoms with E-state index in [9.17, 15) is 14.4 Å². The summed E-state index contributed by atoms with van der Waals surface area (Å²) in [5, 5.41) is 0. The number of hydrogen-bond acceptors (Lipinski definition) is 3. The lowest BCUT2D eigenvalue weighted by Gasteiger charge is -2.35. The lowest BCUT2D eigenvalue weighted by Crippen LogP contribution is -2.51. The van der Waals surface area contributed by atoms with Crippen molar-refractivity contribution in [1.29, 1.82) is 0 Å². The van der Waals surface area contributed by atoms with Crippen molar-refractivity contribution in [2.75, 3.05) is 4.90 Å². The van der Waals surface area contributed by atoms with Crippen molar-refractivity contribution in [3.63, 3.8) is 0 Å². The molecule has 4 rings (SSSR count). The van der Waals surface area contributed by atoms with Crippen LogP contribution in [0, 0.1) is 0 Å². The first kappa shape index (κ1) is 21.8. The molecule has 1 atom stereocenters. The number of imide groups is 1. The first-order valence-electron chi connectivity index (χ1n) is 11.0. The second-order valence-electron chi connectivity index (χ2n) is 8.37. The van der Waals surface area contributed by atoms with Gasteiger partial charge in [-0.2, -0.15) is 0 Å². The number of carbonyl (C=O) groups excluding carboxylic acids is 3. The van der Waals surface area contributed by atoms with Gasteiger partial charge in [0.1, 0.15) is 6.04 Å². The van der Waals surface area contributed by atoms with Crippen LogP contribution in [0.5, 0.6) is 0 Å². The van der Waals surface area contributed by atoms with Crippen LogP contribution in [0.1, 0.15) is 50.5 Å². The molecule has 1 saturated carbocycles. The number of hydrogen-bond donors (Lipinski definition) is 0. The van der Waals surface area contributed by atoms with Gasteiger partial charge in [-0.25, -0.2) is 4.90 Å². The summed E-state index contributed by atoms with van der Waals surface area (Å²) in [5.74, 6) is -0.608. The highest BCUT2D eigenvalue weighted by atomic mass is 79.9. The number of rotatable bonds is 5. The Labute approximate surface area is 191 Å². The minimum atomic E-state index is -0.726. The van der Waals surface area contributed by atoms with Gasteiger partial charge in [0.15, 0.2) is 0 Å². The van der Waals surface area contributed by atoms with E-state index in [2.05, 4.69) is 15.9 Å². The van der Waals surface area contributed by atoms with Crippen molar-refractivity contribution in [1.82, 2.24) is 4.90 Å². The van der Waals surface area contributed by atoms with Crippen molar-refractivity contribution in [3.8, 4) is 0 Å². The number of benzene rings is 2. The van der Waals surface area contributed by atoms with Gasteiger partial charge in [0.05, 0.1) is 18.5 Å². The van der Waals surface area contributed by atoms with E-state index in [0.717, 1.165) is 48.6 Å². The van der Waals surface area contributed by atoms with Crippen LogP contribution in [-0.4, -0.2) is 34.7 Å². The van der Waals surface area contributed by atoms with Crippen molar-refractivity contribution < 1.29 is 14.4 Å². The van der Waals surface area contributed by atoms with Crippen molar-refractivity contribution >= 4 is 39.3 Å². The SMILES string of the molecule is O=C1CC(N(C(=O)Cc2ccccc2)C2CCCCCC2)C(=O)N1c1ccc(Br)cc1. The molecule has 1 unspecified atom stereocenters. The molecule has 5 nitrogen and oxygen atoms in total. The predicted octanol–water partition coefficient (Wildman–Crippen LogP) is 4.88. The lowest BCUT2D eigenvalue weighted by molar-refractivity contribution is -0.140. The second-order valence-corrected chi connectivity index (χ2v) is 9.29. The van der Waals surface area contributed by atoms with Gasteiger partial charge in [-0.05, 0) is 42.7 Å². The molecule has 0 aromatic heterocycles. The highest BCUT2D eigenvalue weighted by Crippen LogP contribution is 2.31. The van der Waals surface area contributed by atoms with E-state index in [1.54, 1.807) is 17.0 Å². The van der Waals surface area contributed by atoms with E-state index in [-0.39, 0.29) is 36.6 Å². The van der Waals surface area contributed by atoms with Gasteiger partial charge < -0.3 is 4.90 Å². The fourth-order valence-electron chi connectivity index (χ4n) is 4.72. The quantitative estimate of drug-likeness (QED) is 0.450. The molecule has 1 heterocycles. The first-order valence-corrected chi connectivity index (χ1v) is 11.8. The topological polar surface area (TPSA) is 57.7 Å². The summed E-state index contributed by atoms with van der Waals surface area (Å²) in [7, 11) is 0. The Bertz CT molecular complexity index is 937. The van der Waals surface area contributed by atoms with Gasteiger partial charge in [0, 0.05) is 10.5 Å². The Morgan fingerprint density at radius 2 is 1.58 bits per heavy atom. The van der Waals surface area contributed by atoms with Crippen molar-refractivity contribution in [2.45, 2.75) is 63.5 Å². The van der Waals surface area contributed by atoms with E-state index >= 15 is 0 Å². The number of anilines is 1. The minimum Gasteiger partial charge on any atom is -0.327 e. The highest BCUT2D eigenvalue weighted by molar-refractivity contribution is 9.10. The van der Waals surface area contributed by atoms with Crippen LogP contribution in [0.3, 0.4) is 0 Å². The minimum absolute atomic E-state index is 0.00494. The summed E-state index contributed by atoms with van der Waals surface area (Å²) in [6.45, 7) is 0. The molecule has 1 aliphatic heterocycles. The Morgan fingerprint density at radius 3 is 2.23 bits per heavy atom. The van der Waals surface area contributed by atoms with E-state index < -0.39 is 6.04 Å². The zero-order valence-corrected chi connectivity index (χ0v) is 19.1. The molecule has 2 aromatic rings. The number of halogens is 1. The normalized spacial score (nSPS) is 20.0. The molecule has 6 heteroatoms. The molecule has 2 aliphatic rings. The van der Waals surface area contributed by atoms with Crippen molar-refractivity contribution in [3.05, 3.63) is 64.6 Å². The molecule has 2 aromatic carbocycles. The summed E-state index contributed by atoms with van der Waals surface area (Å²) in [6, 6.07) is 16.0. The molecule has 162 valence electrons. The maximum Gasteiger partial charge on any atom is 0.257 e. The third kappa shape index (κ3) is 4.90. The van der Waals surface area contributed by atoms with Crippen LogP contribution in [-0.2, 0) is 20.8 Å². The monoisotopic (exact) mass is 482 g/mol. The summed E-state index contributed by atoms with van der Waals surface area (Å²) < 4.78 is 0.880. The fraction of sp³-hybridized carbons (Fsp3) is 0.400. The van der Waals surface area contributed by atoms with E-state index in [1.807, 2.05) is 42.5 Å². The van der Waals surface area contributed by atoms with Gasteiger partial charge in [0.25, 0.3) is 5.91 Å². The zero-order chi connectivity index (χ0) is 21.8. The van der Waals surface area contributed by atoms with Gasteiger partial charge in [0.2, 0.25) is 11.8 Å². The van der Waals surface area contributed by atoms with Gasteiger partial charge in [-0.15, -0.1) is 0 Å². The molecule has 1 aliphatic carbocycles. The third-order valence-electron chi connectivity index (χ3n) is 6.25. The standard InChI is InChI=1S/C25H27BrN2O3/c26-19-12-14-21(15-13-19)28-24(30)17-22(25(28)31)27(20-10-6-1-2-7-11-20)23(29)16-18-8-4-3-5-9-18/h3-5,8-9,12-15,20,22H,1-2,6-7,10-11,16-17H2. The Balaban J connectivity index is 1.62. The average molecular weight is 483 g/mol. The largest absolute Gasteiger partial charge is 0.327 e. The maximum absolute atomic E-state index is 13.5. The summed E-state index contributed by atoms with van der Waals surface area (Å²) >= 11 is 3.39. The summed E-state index contributed by atoms with van der Waals surface area (Å²) in [6.07, 6.45) is 6.46. The molecule has 0 N–H and O–H groups in total. The van der Waals surface area contributed by atoms with E-state index in [1.165, 1.54) is 4.90 Å². The Hall–Kier alpha value is -2.47. The molecule has 1 saturated heterocycles. The fourth-order valence-corrected chi connectivity index (χ4v) is 4.99. The molecule has 0 radical (unpaired) electrons. The van der Waals surface area contributed by atoms with Crippen LogP contribution in [0.15, 0.2) is 59.1 Å². The molecule has 0 spiro atoms. The van der Waals surface area contributed by atoms with E-state index in [4.69, 9.17) is 0 Å². The zero-order valence-electron chi connectivity index (χ0n) is 17.5. The molecular weight excluding hydrogens is 456 g/mol. The van der Waals surface area contributed by atoms with Gasteiger partial charge in [-0.1, -0.05) is 71.9 Å². The summed E-state index contributed by atoms with van der Waals surface area (Å²) in [5.41, 5.74) is 1.48. The van der Waals surface area contributed by atoms with Gasteiger partial charge >= 0.3 is 0 Å². The Kier molecular flexibility index (Phi) is 6.86. The van der Waals surface area contributed by atoms with Crippen LogP contribution in [0.4, 0.5) is 5.69 Å². The maximum atomic E-state index is 13.5. The Morgan fingerprint density at radius 1 is 0.935 bits per heavy atom. The second kappa shape index (κ2) is 9.77. The van der Waals surface area contributed by atoms with Crippen molar-refractivity contribution in [2.24, 2.45) is 0 Å².